The normalized spacial score (nSPS) is 15.0. The van der Waals surface area contributed by atoms with Gasteiger partial charge in [-0.2, -0.15) is 0 Å². The van der Waals surface area contributed by atoms with Crippen molar-refractivity contribution in [3.8, 4) is 11.5 Å². The quantitative estimate of drug-likeness (QED) is 0.127. The molecule has 0 spiro atoms. The smallest absolute Gasteiger partial charge is 0.323 e. The summed E-state index contributed by atoms with van der Waals surface area (Å²) < 4.78 is 11.2. The number of ether oxygens (including phenoxy) is 1. The molecule has 7 heterocycles. The Labute approximate surface area is 365 Å². The first-order valence-corrected chi connectivity index (χ1v) is 22.8. The molecule has 4 aromatic rings. The van der Waals surface area contributed by atoms with Crippen molar-refractivity contribution in [2.24, 2.45) is 0 Å². The van der Waals surface area contributed by atoms with E-state index in [0.29, 0.717) is 75.4 Å². The number of carbonyl (C=O) groups is 2. The van der Waals surface area contributed by atoms with Crippen LogP contribution < -0.4 is 24.9 Å². The molecule has 324 valence electrons. The van der Waals surface area contributed by atoms with Crippen molar-refractivity contribution >= 4 is 67.4 Å². The zero-order chi connectivity index (χ0) is 43.1. The van der Waals surface area contributed by atoms with Crippen molar-refractivity contribution < 1.29 is 23.9 Å². The van der Waals surface area contributed by atoms with Gasteiger partial charge in [0.2, 0.25) is 11.4 Å². The SMILES string of the molecule is C1CCOC1.Cl.[C-]#[N+]c1ccc(N2CCN(C(=O)Nc3ccc(O)cn3)CC2)nc1.[C-]#[N+]c1ccc(N2CCN(C(=O)Nc3ccc(O[Si](C)(C)C(C)(C)C)cn3)CC2)nc1. The maximum Gasteiger partial charge on any atom is 0.323 e. The van der Waals surface area contributed by atoms with E-state index in [1.165, 1.54) is 25.1 Å². The lowest BCUT2D eigenvalue weighted by molar-refractivity contribution is 0.198. The molecule has 0 aromatic carbocycles. The zero-order valence-corrected chi connectivity index (χ0v) is 37.2. The Morgan fingerprint density at radius 3 is 1.48 bits per heavy atom. The van der Waals surface area contributed by atoms with Gasteiger partial charge < -0.3 is 33.9 Å². The molecule has 7 rings (SSSR count). The second-order valence-electron chi connectivity index (χ2n) is 15.7. The highest BCUT2D eigenvalue weighted by Gasteiger charge is 2.39. The van der Waals surface area contributed by atoms with Crippen LogP contribution in [0, 0.1) is 13.1 Å². The molecule has 61 heavy (non-hydrogen) atoms. The van der Waals surface area contributed by atoms with E-state index < -0.39 is 8.32 Å². The highest BCUT2D eigenvalue weighted by Crippen LogP contribution is 2.37. The van der Waals surface area contributed by atoms with Crippen LogP contribution in [0.1, 0.15) is 33.6 Å². The van der Waals surface area contributed by atoms with Gasteiger partial charge >= 0.3 is 12.1 Å². The number of nitrogens with zero attached hydrogens (tertiary/aromatic N) is 10. The van der Waals surface area contributed by atoms with Crippen LogP contribution in [0.15, 0.2) is 73.3 Å². The Bertz CT molecular complexity index is 2070. The summed E-state index contributed by atoms with van der Waals surface area (Å²) in [6.45, 7) is 31.9. The standard InChI is InChI=1S/C22H30N6O2Si.C16H16N6O2.C4H8O.ClH/c1-22(2,3)31(5,6)30-18-8-9-19(24-16-18)26-21(29)28-13-11-27(12-14-28)20-10-7-17(23-4)15-25-20;1-17-12-2-5-15(19-10-12)21-6-8-22(9-7-21)16(24)20-14-4-3-13(23)11-18-14;1-2-4-5-3-1;/h7-10,15-16H,11-14H2,1-3,5-6H3,(H,24,26,29);2-5,10-11,23H,6-9H2,(H,18,20,24);1-4H2;1H. The lowest BCUT2D eigenvalue weighted by Crippen LogP contribution is -2.50. The summed E-state index contributed by atoms with van der Waals surface area (Å²) in [5, 5.41) is 14.9. The monoisotopic (exact) mass is 870 g/mol. The van der Waals surface area contributed by atoms with E-state index in [0.717, 1.165) is 30.6 Å². The van der Waals surface area contributed by atoms with Crippen molar-refractivity contribution in [3.05, 3.63) is 96.2 Å². The Morgan fingerprint density at radius 2 is 1.15 bits per heavy atom. The number of hydrogen-bond acceptors (Lipinski definition) is 11. The highest BCUT2D eigenvalue weighted by molar-refractivity contribution is 6.74. The van der Waals surface area contributed by atoms with E-state index in [2.05, 4.69) is 83.9 Å². The fraction of sp³-hybridized carbons (Fsp3) is 0.429. The third kappa shape index (κ3) is 14.2. The van der Waals surface area contributed by atoms with Crippen molar-refractivity contribution in [1.29, 1.82) is 0 Å². The van der Waals surface area contributed by atoms with Crippen LogP contribution >= 0.6 is 12.4 Å². The van der Waals surface area contributed by atoms with Gasteiger partial charge in [0.25, 0.3) is 8.32 Å². The largest absolute Gasteiger partial charge is 0.542 e. The Hall–Kier alpha value is -6.21. The number of pyridine rings is 4. The summed E-state index contributed by atoms with van der Waals surface area (Å²) in [6, 6.07) is 13.4. The molecule has 19 heteroatoms. The molecule has 3 aliphatic rings. The molecule has 3 aliphatic heterocycles. The number of aromatic nitrogens is 4. The fourth-order valence-electron chi connectivity index (χ4n) is 5.85. The summed E-state index contributed by atoms with van der Waals surface area (Å²) in [5.74, 6) is 3.32. The molecule has 0 radical (unpaired) electrons. The van der Waals surface area contributed by atoms with Gasteiger partial charge in [-0.25, -0.2) is 29.2 Å². The first-order valence-electron chi connectivity index (χ1n) is 19.9. The van der Waals surface area contributed by atoms with Crippen LogP contribution in [-0.4, -0.2) is 121 Å². The van der Waals surface area contributed by atoms with Gasteiger partial charge in [-0.3, -0.25) is 20.6 Å². The maximum atomic E-state index is 12.6. The summed E-state index contributed by atoms with van der Waals surface area (Å²) in [6.07, 6.45) is 8.64. The predicted molar refractivity (Wildman–Crippen MR) is 242 cm³/mol. The van der Waals surface area contributed by atoms with E-state index in [4.69, 9.17) is 22.3 Å². The number of aromatic hydroxyl groups is 1. The number of amides is 4. The van der Waals surface area contributed by atoms with Crippen LogP contribution in [0.5, 0.6) is 11.5 Å². The zero-order valence-electron chi connectivity index (χ0n) is 35.4. The minimum Gasteiger partial charge on any atom is -0.542 e. The molecule has 0 unspecified atom stereocenters. The van der Waals surface area contributed by atoms with Gasteiger partial charge in [-0.1, -0.05) is 32.9 Å². The molecule has 17 nitrogen and oxygen atoms in total. The van der Waals surface area contributed by atoms with E-state index in [9.17, 15) is 14.7 Å². The van der Waals surface area contributed by atoms with Crippen LogP contribution in [0.3, 0.4) is 0 Å². The molecule has 3 N–H and O–H groups in total. The van der Waals surface area contributed by atoms with Crippen LogP contribution in [0.2, 0.25) is 18.1 Å². The third-order valence-corrected chi connectivity index (χ3v) is 14.8. The molecule has 0 aliphatic carbocycles. The molecule has 4 amide bonds. The maximum absolute atomic E-state index is 12.6. The van der Waals surface area contributed by atoms with Crippen molar-refractivity contribution in [1.82, 2.24) is 29.7 Å². The van der Waals surface area contributed by atoms with Crippen molar-refractivity contribution in [3.63, 3.8) is 0 Å². The number of urea groups is 2. The molecule has 3 fully saturated rings. The lowest BCUT2D eigenvalue weighted by Gasteiger charge is -2.36. The number of nitrogens with one attached hydrogen (secondary N) is 2. The van der Waals surface area contributed by atoms with Crippen molar-refractivity contribution in [2.45, 2.75) is 51.7 Å². The van der Waals surface area contributed by atoms with Gasteiger partial charge in [-0.05, 0) is 67.4 Å². The van der Waals surface area contributed by atoms with Gasteiger partial charge in [0.1, 0.15) is 34.8 Å². The second-order valence-corrected chi connectivity index (χ2v) is 20.5. The van der Waals surface area contributed by atoms with E-state index in [1.54, 1.807) is 52.7 Å². The second kappa shape index (κ2) is 22.4. The Balaban J connectivity index is 0.000000242. The van der Waals surface area contributed by atoms with Gasteiger partial charge in [0.05, 0.1) is 25.5 Å². The minimum absolute atomic E-state index is 0. The molecule has 3 saturated heterocycles. The van der Waals surface area contributed by atoms with E-state index >= 15 is 0 Å². The number of halogens is 1. The molecular weight excluding hydrogens is 816 g/mol. The van der Waals surface area contributed by atoms with Gasteiger partial charge in [0.15, 0.2) is 0 Å². The topological polar surface area (TPSA) is 170 Å². The summed E-state index contributed by atoms with van der Waals surface area (Å²) in [5.41, 5.74) is 1.04. The van der Waals surface area contributed by atoms with Crippen LogP contribution in [0.4, 0.5) is 44.2 Å². The third-order valence-electron chi connectivity index (χ3n) is 10.5. The molecule has 0 saturated carbocycles. The minimum atomic E-state index is -1.92. The number of carbonyl (C=O) groups excluding carboxylic acids is 2. The summed E-state index contributed by atoms with van der Waals surface area (Å²) >= 11 is 0. The Morgan fingerprint density at radius 1 is 0.689 bits per heavy atom. The first-order chi connectivity index (χ1) is 28.7. The van der Waals surface area contributed by atoms with Crippen LogP contribution in [-0.2, 0) is 4.74 Å². The van der Waals surface area contributed by atoms with Crippen molar-refractivity contribution in [2.75, 3.05) is 86.0 Å². The van der Waals surface area contributed by atoms with Gasteiger partial charge in [-0.15, -0.1) is 12.4 Å². The fourth-order valence-corrected chi connectivity index (χ4v) is 6.87. The number of piperazine rings is 2. The predicted octanol–water partition coefficient (Wildman–Crippen LogP) is 8.07. The lowest BCUT2D eigenvalue weighted by atomic mass is 10.2. The van der Waals surface area contributed by atoms with Gasteiger partial charge in [0, 0.05) is 78.0 Å². The summed E-state index contributed by atoms with van der Waals surface area (Å²) in [7, 11) is -1.92. The number of hydrogen-bond donors (Lipinski definition) is 3. The van der Waals surface area contributed by atoms with Crippen LogP contribution in [0.25, 0.3) is 9.69 Å². The van der Waals surface area contributed by atoms with E-state index in [-0.39, 0.29) is 35.3 Å². The molecular formula is C42H55ClN12O5Si. The number of rotatable bonds is 6. The average molecular weight is 872 g/mol. The average Bonchev–Trinajstić information content (AvgIpc) is 3.86. The molecule has 4 aromatic heterocycles. The molecule has 0 bridgehead atoms. The highest BCUT2D eigenvalue weighted by atomic mass is 35.5. The van der Waals surface area contributed by atoms with E-state index in [1.807, 2.05) is 18.2 Å². The molecule has 0 atom stereocenters. The summed E-state index contributed by atoms with van der Waals surface area (Å²) in [4.78, 5) is 56.1. The first kappa shape index (κ1) is 47.5. The Kier molecular flexibility index (Phi) is 17.4. The number of anilines is 4.